The Balaban J connectivity index is 1.72. The second kappa shape index (κ2) is 6.52. The highest BCUT2D eigenvalue weighted by Crippen LogP contribution is 2.12. The molecule has 0 atom stereocenters. The number of halogens is 1. The number of carbonyl (C=O) groups excluding carboxylic acids is 1. The van der Waals surface area contributed by atoms with Crippen molar-refractivity contribution in [1.82, 2.24) is 10.2 Å². The molecule has 2 rings (SSSR count). The molecule has 1 fully saturated rings. The maximum atomic E-state index is 13.0. The van der Waals surface area contributed by atoms with E-state index in [1.807, 2.05) is 0 Å². The molecule has 0 saturated carbocycles. The molecule has 19 heavy (non-hydrogen) atoms. The zero-order valence-corrected chi connectivity index (χ0v) is 11.0. The van der Waals surface area contributed by atoms with Gasteiger partial charge in [0, 0.05) is 12.1 Å². The maximum absolute atomic E-state index is 13.0. The van der Waals surface area contributed by atoms with E-state index in [1.165, 1.54) is 44.1 Å². The minimum absolute atomic E-state index is 0.00437. The summed E-state index contributed by atoms with van der Waals surface area (Å²) in [5.41, 5.74) is 5.84. The molecule has 0 aromatic heterocycles. The van der Waals surface area contributed by atoms with Gasteiger partial charge >= 0.3 is 0 Å². The Kier molecular flexibility index (Phi) is 4.74. The van der Waals surface area contributed by atoms with Gasteiger partial charge in [-0.3, -0.25) is 4.79 Å². The number of carbonyl (C=O) groups is 1. The van der Waals surface area contributed by atoms with Gasteiger partial charge < -0.3 is 16.0 Å². The first kappa shape index (κ1) is 13.8. The molecule has 1 aromatic rings. The summed E-state index contributed by atoms with van der Waals surface area (Å²) in [6.45, 7) is 3.99. The molecule has 1 aromatic carbocycles. The van der Waals surface area contributed by atoms with Crippen LogP contribution in [0.3, 0.4) is 0 Å². The molecule has 1 aliphatic rings. The lowest BCUT2D eigenvalue weighted by atomic mass is 10.2. The molecule has 5 heteroatoms. The molecule has 3 N–H and O–H groups in total. The molecule has 104 valence electrons. The number of nitrogens with one attached hydrogen (secondary N) is 1. The van der Waals surface area contributed by atoms with E-state index in [0.717, 1.165) is 13.0 Å². The van der Waals surface area contributed by atoms with E-state index in [2.05, 4.69) is 10.2 Å². The lowest BCUT2D eigenvalue weighted by Gasteiger charge is -2.14. The third-order valence-corrected chi connectivity index (χ3v) is 3.39. The summed E-state index contributed by atoms with van der Waals surface area (Å²) in [7, 11) is 0. The van der Waals surface area contributed by atoms with E-state index < -0.39 is 5.82 Å². The van der Waals surface area contributed by atoms with Crippen LogP contribution in [-0.2, 0) is 0 Å². The van der Waals surface area contributed by atoms with E-state index in [4.69, 9.17) is 5.73 Å². The quantitative estimate of drug-likeness (QED) is 0.628. The lowest BCUT2D eigenvalue weighted by Crippen LogP contribution is -2.28. The smallest absolute Gasteiger partial charge is 0.251 e. The zero-order chi connectivity index (χ0) is 13.7. The van der Waals surface area contributed by atoms with Crippen LogP contribution in [0.25, 0.3) is 0 Å². The predicted molar refractivity (Wildman–Crippen MR) is 73.4 cm³/mol. The highest BCUT2D eigenvalue weighted by Gasteiger charge is 2.11. The number of nitrogens with zero attached hydrogens (tertiary/aromatic N) is 1. The lowest BCUT2D eigenvalue weighted by molar-refractivity contribution is 0.0952. The molecule has 1 aliphatic heterocycles. The molecule has 0 spiro atoms. The van der Waals surface area contributed by atoms with Crippen molar-refractivity contribution < 1.29 is 9.18 Å². The van der Waals surface area contributed by atoms with Crippen LogP contribution >= 0.6 is 0 Å². The minimum atomic E-state index is -0.495. The number of amides is 1. The fourth-order valence-corrected chi connectivity index (χ4v) is 2.30. The van der Waals surface area contributed by atoms with Crippen LogP contribution in [-0.4, -0.2) is 37.0 Å². The van der Waals surface area contributed by atoms with Gasteiger partial charge in [0.15, 0.2) is 0 Å². The first-order chi connectivity index (χ1) is 9.16. The highest BCUT2D eigenvalue weighted by molar-refractivity contribution is 5.94. The highest BCUT2D eigenvalue weighted by atomic mass is 19.1. The summed E-state index contributed by atoms with van der Waals surface area (Å²) in [5, 5.41) is 2.83. The standard InChI is InChI=1S/C14H20FN3O/c15-12-5-4-11(10-13(12)16)14(19)17-6-3-9-18-7-1-2-8-18/h4-5,10H,1-3,6-9,16H2,(H,17,19). The largest absolute Gasteiger partial charge is 0.396 e. The summed E-state index contributed by atoms with van der Waals surface area (Å²) >= 11 is 0. The van der Waals surface area contributed by atoms with Gasteiger partial charge in [-0.25, -0.2) is 4.39 Å². The van der Waals surface area contributed by atoms with Gasteiger partial charge in [0.2, 0.25) is 0 Å². The number of anilines is 1. The SMILES string of the molecule is Nc1cc(C(=O)NCCCN2CCCC2)ccc1F. The summed E-state index contributed by atoms with van der Waals surface area (Å²) in [5.74, 6) is -0.696. The van der Waals surface area contributed by atoms with Crippen molar-refractivity contribution in [3.05, 3.63) is 29.6 Å². The Hall–Kier alpha value is -1.62. The third-order valence-electron chi connectivity index (χ3n) is 3.39. The number of rotatable bonds is 5. The minimum Gasteiger partial charge on any atom is -0.396 e. The number of benzene rings is 1. The number of nitrogen functional groups attached to an aromatic ring is 1. The van der Waals surface area contributed by atoms with Gasteiger partial charge in [-0.1, -0.05) is 0 Å². The maximum Gasteiger partial charge on any atom is 0.251 e. The molecular formula is C14H20FN3O. The Morgan fingerprint density at radius 3 is 2.79 bits per heavy atom. The number of hydrogen-bond donors (Lipinski definition) is 2. The number of hydrogen-bond acceptors (Lipinski definition) is 3. The van der Waals surface area contributed by atoms with Gasteiger partial charge in [0.25, 0.3) is 5.91 Å². The molecule has 0 aliphatic carbocycles. The topological polar surface area (TPSA) is 58.4 Å². The average Bonchev–Trinajstić information content (AvgIpc) is 2.91. The van der Waals surface area contributed by atoms with Crippen LogP contribution in [0.15, 0.2) is 18.2 Å². The number of likely N-dealkylation sites (tertiary alicyclic amines) is 1. The Bertz CT molecular complexity index is 444. The van der Waals surface area contributed by atoms with E-state index in [0.29, 0.717) is 12.1 Å². The Morgan fingerprint density at radius 2 is 2.11 bits per heavy atom. The second-order valence-electron chi connectivity index (χ2n) is 4.89. The van der Waals surface area contributed by atoms with E-state index in [9.17, 15) is 9.18 Å². The second-order valence-corrected chi connectivity index (χ2v) is 4.89. The monoisotopic (exact) mass is 265 g/mol. The van der Waals surface area contributed by atoms with Crippen molar-refractivity contribution in [2.45, 2.75) is 19.3 Å². The van der Waals surface area contributed by atoms with Gasteiger partial charge in [-0.15, -0.1) is 0 Å². The molecular weight excluding hydrogens is 245 g/mol. The van der Waals surface area contributed by atoms with Crippen molar-refractivity contribution in [1.29, 1.82) is 0 Å². The van der Waals surface area contributed by atoms with Crippen LogP contribution in [0.1, 0.15) is 29.6 Å². The molecule has 0 radical (unpaired) electrons. The fourth-order valence-electron chi connectivity index (χ4n) is 2.30. The Labute approximate surface area is 112 Å². The van der Waals surface area contributed by atoms with Crippen LogP contribution in [0.2, 0.25) is 0 Å². The van der Waals surface area contributed by atoms with Crippen LogP contribution in [0, 0.1) is 5.82 Å². The Morgan fingerprint density at radius 1 is 1.37 bits per heavy atom. The van der Waals surface area contributed by atoms with E-state index in [-0.39, 0.29) is 11.6 Å². The van der Waals surface area contributed by atoms with Crippen LogP contribution in [0.4, 0.5) is 10.1 Å². The number of nitrogens with two attached hydrogens (primary N) is 1. The van der Waals surface area contributed by atoms with Crippen molar-refractivity contribution in [2.75, 3.05) is 31.9 Å². The average molecular weight is 265 g/mol. The van der Waals surface area contributed by atoms with Gasteiger partial charge in [-0.05, 0) is 57.1 Å². The molecule has 0 bridgehead atoms. The predicted octanol–water partition coefficient (Wildman–Crippen LogP) is 1.62. The zero-order valence-electron chi connectivity index (χ0n) is 11.0. The van der Waals surface area contributed by atoms with Crippen molar-refractivity contribution >= 4 is 11.6 Å². The fraction of sp³-hybridized carbons (Fsp3) is 0.500. The molecule has 0 unspecified atom stereocenters. The normalized spacial score (nSPS) is 15.6. The van der Waals surface area contributed by atoms with E-state index in [1.54, 1.807) is 0 Å². The van der Waals surface area contributed by atoms with Gasteiger partial charge in [-0.2, -0.15) is 0 Å². The van der Waals surface area contributed by atoms with E-state index >= 15 is 0 Å². The molecule has 1 amide bonds. The van der Waals surface area contributed by atoms with Crippen molar-refractivity contribution in [3.8, 4) is 0 Å². The summed E-state index contributed by atoms with van der Waals surface area (Å²) in [6.07, 6.45) is 3.49. The summed E-state index contributed by atoms with van der Waals surface area (Å²) in [6, 6.07) is 4.03. The van der Waals surface area contributed by atoms with Gasteiger partial charge in [0.05, 0.1) is 5.69 Å². The molecule has 1 heterocycles. The van der Waals surface area contributed by atoms with Crippen molar-refractivity contribution in [3.63, 3.8) is 0 Å². The first-order valence-electron chi connectivity index (χ1n) is 6.72. The third kappa shape index (κ3) is 3.92. The summed E-state index contributed by atoms with van der Waals surface area (Å²) < 4.78 is 13.0. The van der Waals surface area contributed by atoms with Crippen molar-refractivity contribution in [2.24, 2.45) is 0 Å². The first-order valence-corrected chi connectivity index (χ1v) is 6.72. The van der Waals surface area contributed by atoms with Crippen LogP contribution < -0.4 is 11.1 Å². The summed E-state index contributed by atoms with van der Waals surface area (Å²) in [4.78, 5) is 14.2. The van der Waals surface area contributed by atoms with Crippen LogP contribution in [0.5, 0.6) is 0 Å². The van der Waals surface area contributed by atoms with Gasteiger partial charge in [0.1, 0.15) is 5.82 Å². The molecule has 4 nitrogen and oxygen atoms in total. The molecule has 1 saturated heterocycles.